The highest BCUT2D eigenvalue weighted by Gasteiger charge is 2.55. The van der Waals surface area contributed by atoms with Crippen molar-refractivity contribution in [2.75, 3.05) is 19.8 Å². The van der Waals surface area contributed by atoms with E-state index in [1.165, 1.54) is 0 Å². The van der Waals surface area contributed by atoms with E-state index in [2.05, 4.69) is 10.6 Å². The van der Waals surface area contributed by atoms with Crippen molar-refractivity contribution in [3.05, 3.63) is 124 Å². The second-order valence-electron chi connectivity index (χ2n) is 18.0. The van der Waals surface area contributed by atoms with E-state index >= 15 is 0 Å². The Morgan fingerprint density at radius 3 is 2.32 bits per heavy atom. The molecule has 3 aromatic rings. The Labute approximate surface area is 382 Å². The van der Waals surface area contributed by atoms with Crippen LogP contribution in [0.4, 0.5) is 0 Å². The zero-order valence-corrected chi connectivity index (χ0v) is 37.0. The SMILES string of the molecule is CC(C)(C)OC(=O)CCC(CO)NC(=O)c1cccc(CNC(=O)C2=CC3OC4(Cc5ccccc5C4)OC3C(OC(=O)c3cccc(C=CCOC4OC(CO)C(O)C(O)C4O)c3)C2)c1. The molecule has 0 saturated carbocycles. The Kier molecular flexibility index (Phi) is 15.5. The maximum atomic E-state index is 13.9. The van der Waals surface area contributed by atoms with Gasteiger partial charge in [-0.2, -0.15) is 0 Å². The number of amides is 2. The van der Waals surface area contributed by atoms with E-state index in [1.54, 1.807) is 87.5 Å². The van der Waals surface area contributed by atoms with Gasteiger partial charge in [0.05, 0.1) is 31.4 Å². The number of aliphatic hydroxyl groups excluding tert-OH is 5. The van der Waals surface area contributed by atoms with Gasteiger partial charge in [0.15, 0.2) is 12.1 Å². The summed E-state index contributed by atoms with van der Waals surface area (Å²) >= 11 is 0. The Morgan fingerprint density at radius 1 is 0.879 bits per heavy atom. The fraction of sp³-hybridized carbons (Fsp3) is 0.469. The van der Waals surface area contributed by atoms with Gasteiger partial charge in [-0.15, -0.1) is 0 Å². The molecule has 4 aliphatic rings. The minimum Gasteiger partial charge on any atom is -0.460 e. The van der Waals surface area contributed by atoms with Crippen molar-refractivity contribution >= 4 is 29.8 Å². The lowest BCUT2D eigenvalue weighted by atomic mass is 9.91. The van der Waals surface area contributed by atoms with Crippen LogP contribution in [0, 0.1) is 0 Å². The summed E-state index contributed by atoms with van der Waals surface area (Å²) in [7, 11) is 0. The van der Waals surface area contributed by atoms with Crippen molar-refractivity contribution in [1.82, 2.24) is 10.6 Å². The molecule has 2 amide bonds. The number of benzene rings is 3. The fourth-order valence-corrected chi connectivity index (χ4v) is 8.46. The molecule has 2 aliphatic carbocycles. The molecule has 2 heterocycles. The van der Waals surface area contributed by atoms with Crippen LogP contribution < -0.4 is 10.6 Å². The maximum absolute atomic E-state index is 13.9. The molecule has 0 bridgehead atoms. The number of fused-ring (bicyclic) bond motifs is 2. The van der Waals surface area contributed by atoms with Gasteiger partial charge in [0, 0.05) is 43.4 Å². The average Bonchev–Trinajstić information content (AvgIpc) is 3.85. The molecule has 7 N–H and O–H groups in total. The number of esters is 2. The minimum absolute atomic E-state index is 0.0146. The van der Waals surface area contributed by atoms with Crippen LogP contribution in [0.5, 0.6) is 0 Å². The summed E-state index contributed by atoms with van der Waals surface area (Å²) in [5.41, 5.74) is 3.59. The number of aliphatic hydroxyl groups is 5. The lowest BCUT2D eigenvalue weighted by molar-refractivity contribution is -0.298. The third-order valence-electron chi connectivity index (χ3n) is 11.7. The normalized spacial score (nSPS) is 26.0. The van der Waals surface area contributed by atoms with E-state index in [1.807, 2.05) is 24.3 Å². The molecule has 9 atom stereocenters. The van der Waals surface area contributed by atoms with Crippen molar-refractivity contribution < 1.29 is 73.1 Å². The van der Waals surface area contributed by atoms with E-state index in [4.69, 9.17) is 28.4 Å². The second kappa shape index (κ2) is 21.1. The second-order valence-corrected chi connectivity index (χ2v) is 18.0. The monoisotopic (exact) mass is 914 g/mol. The molecular weight excluding hydrogens is 857 g/mol. The fourth-order valence-electron chi connectivity index (χ4n) is 8.46. The molecule has 17 heteroatoms. The van der Waals surface area contributed by atoms with Gasteiger partial charge in [-0.3, -0.25) is 14.4 Å². The first-order chi connectivity index (χ1) is 31.5. The summed E-state index contributed by atoms with van der Waals surface area (Å²) in [4.78, 5) is 53.1. The highest BCUT2D eigenvalue weighted by Crippen LogP contribution is 2.45. The topological polar surface area (TPSA) is 249 Å². The Bertz CT molecular complexity index is 2260. The average molecular weight is 915 g/mol. The first-order valence-corrected chi connectivity index (χ1v) is 22.1. The number of carbonyl (C=O) groups is 4. The zero-order valence-electron chi connectivity index (χ0n) is 37.0. The first-order valence-electron chi connectivity index (χ1n) is 22.1. The van der Waals surface area contributed by atoms with E-state index in [0.717, 1.165) is 11.1 Å². The van der Waals surface area contributed by atoms with E-state index in [-0.39, 0.29) is 44.6 Å². The van der Waals surface area contributed by atoms with Gasteiger partial charge < -0.3 is 64.6 Å². The van der Waals surface area contributed by atoms with Crippen molar-refractivity contribution in [2.45, 2.75) is 126 Å². The Hall–Kier alpha value is -5.34. The minimum atomic E-state index is -1.57. The van der Waals surface area contributed by atoms with Crippen LogP contribution in [0.15, 0.2) is 90.5 Å². The smallest absolute Gasteiger partial charge is 0.338 e. The highest BCUT2D eigenvalue weighted by atomic mass is 16.8. The third kappa shape index (κ3) is 12.0. The molecule has 7 rings (SSSR count). The highest BCUT2D eigenvalue weighted by molar-refractivity contribution is 5.95. The summed E-state index contributed by atoms with van der Waals surface area (Å²) in [6.45, 7) is 4.30. The number of carbonyl (C=O) groups excluding carboxylic acids is 4. The molecule has 354 valence electrons. The Morgan fingerprint density at radius 2 is 1.61 bits per heavy atom. The lowest BCUT2D eigenvalue weighted by Crippen LogP contribution is -2.59. The van der Waals surface area contributed by atoms with Gasteiger partial charge in [0.25, 0.3) is 5.91 Å². The lowest BCUT2D eigenvalue weighted by Gasteiger charge is -2.39. The Balaban J connectivity index is 0.993. The number of rotatable bonds is 16. The summed E-state index contributed by atoms with van der Waals surface area (Å²) in [6, 6.07) is 20.5. The van der Waals surface area contributed by atoms with Crippen molar-refractivity contribution in [2.24, 2.45) is 0 Å². The molecule has 0 aromatic heterocycles. The molecule has 2 aliphatic heterocycles. The molecule has 3 aromatic carbocycles. The van der Waals surface area contributed by atoms with Crippen LogP contribution >= 0.6 is 0 Å². The predicted octanol–water partition coefficient (Wildman–Crippen LogP) is 2.18. The van der Waals surface area contributed by atoms with Gasteiger partial charge in [-0.1, -0.05) is 60.7 Å². The van der Waals surface area contributed by atoms with Crippen molar-refractivity contribution in [3.8, 4) is 0 Å². The summed E-state index contributed by atoms with van der Waals surface area (Å²) in [5, 5.41) is 55.3. The molecule has 2 fully saturated rings. The van der Waals surface area contributed by atoms with Gasteiger partial charge in [-0.05, 0) is 79.8 Å². The molecule has 9 unspecified atom stereocenters. The predicted molar refractivity (Wildman–Crippen MR) is 235 cm³/mol. The van der Waals surface area contributed by atoms with Gasteiger partial charge in [0.2, 0.25) is 5.91 Å². The van der Waals surface area contributed by atoms with E-state index < -0.39 is 96.8 Å². The van der Waals surface area contributed by atoms with Crippen LogP contribution in [0.3, 0.4) is 0 Å². The molecule has 0 radical (unpaired) electrons. The van der Waals surface area contributed by atoms with Crippen LogP contribution in [0.25, 0.3) is 6.08 Å². The largest absolute Gasteiger partial charge is 0.460 e. The number of nitrogens with one attached hydrogen (secondary N) is 2. The molecule has 1 spiro atoms. The summed E-state index contributed by atoms with van der Waals surface area (Å²) in [5.74, 6) is -2.99. The molecular formula is C49H58N2O15. The number of hydrogen-bond acceptors (Lipinski definition) is 15. The molecule has 17 nitrogen and oxygen atoms in total. The number of ether oxygens (including phenoxy) is 6. The van der Waals surface area contributed by atoms with E-state index in [9.17, 15) is 44.7 Å². The van der Waals surface area contributed by atoms with Crippen molar-refractivity contribution in [3.63, 3.8) is 0 Å². The van der Waals surface area contributed by atoms with Crippen LogP contribution in [0.1, 0.15) is 83.0 Å². The zero-order chi connectivity index (χ0) is 47.2. The van der Waals surface area contributed by atoms with Crippen LogP contribution in [-0.4, -0.2) is 136 Å². The third-order valence-corrected chi connectivity index (χ3v) is 11.7. The molecule has 2 saturated heterocycles. The van der Waals surface area contributed by atoms with Crippen molar-refractivity contribution in [1.29, 1.82) is 0 Å². The van der Waals surface area contributed by atoms with E-state index in [0.29, 0.717) is 35.1 Å². The first kappa shape index (κ1) is 48.6. The van der Waals surface area contributed by atoms with Crippen LogP contribution in [0.2, 0.25) is 0 Å². The van der Waals surface area contributed by atoms with Gasteiger partial charge >= 0.3 is 11.9 Å². The standard InChI is InChI=1S/C49H58N2O15/c1-48(2,3)65-39(54)17-16-35(26-52)51-45(59)30-14-7-10-29(20-30)25-50-44(58)34-21-36(43-37(22-34)64-49(66-43)23-32-12-4-5-13-33(32)24-49)62-46(60)31-15-6-9-28(19-31)11-8-18-61-47-42(57)41(56)40(55)38(27-53)63-47/h4-15,19-20,22,35-38,40-43,47,52-53,55-57H,16-18,21,23-27H2,1-3H3,(H,50,58)(H,51,59). The van der Waals surface area contributed by atoms with Gasteiger partial charge in [-0.25, -0.2) is 4.79 Å². The quantitative estimate of drug-likeness (QED) is 0.102. The number of hydrogen-bond donors (Lipinski definition) is 7. The van der Waals surface area contributed by atoms with Gasteiger partial charge in [0.1, 0.15) is 48.3 Å². The summed E-state index contributed by atoms with van der Waals surface area (Å²) < 4.78 is 35.6. The molecule has 66 heavy (non-hydrogen) atoms. The van der Waals surface area contributed by atoms with Crippen LogP contribution in [-0.2, 0) is 57.4 Å². The summed E-state index contributed by atoms with van der Waals surface area (Å²) in [6.07, 6.45) is -3.21. The maximum Gasteiger partial charge on any atom is 0.338 e.